The smallest absolute Gasteiger partial charge is 0.276 e. The molecule has 2 atom stereocenters. The predicted molar refractivity (Wildman–Crippen MR) is 68.2 cm³/mol. The maximum absolute atomic E-state index is 12.5. The van der Waals surface area contributed by atoms with Crippen LogP contribution in [0.2, 0.25) is 0 Å². The molecule has 0 aliphatic carbocycles. The van der Waals surface area contributed by atoms with Crippen molar-refractivity contribution in [3.63, 3.8) is 0 Å². The number of nitrogens with zero attached hydrogens (tertiary/aromatic N) is 3. The predicted octanol–water partition coefficient (Wildman–Crippen LogP) is -0.647. The van der Waals surface area contributed by atoms with Gasteiger partial charge in [0, 0.05) is 26.3 Å². The van der Waals surface area contributed by atoms with Crippen molar-refractivity contribution in [3.8, 4) is 0 Å². The largest absolute Gasteiger partial charge is 0.396 e. The molecule has 7 nitrogen and oxygen atoms in total. The number of aromatic nitrogens is 2. The highest BCUT2D eigenvalue weighted by Gasteiger charge is 2.43. The van der Waals surface area contributed by atoms with E-state index < -0.39 is 0 Å². The van der Waals surface area contributed by atoms with Gasteiger partial charge < -0.3 is 16.0 Å². The minimum Gasteiger partial charge on any atom is -0.396 e. The van der Waals surface area contributed by atoms with Crippen molar-refractivity contribution < 1.29 is 9.59 Å². The van der Waals surface area contributed by atoms with Crippen molar-refractivity contribution in [1.82, 2.24) is 20.0 Å². The minimum atomic E-state index is -0.177. The Hall–Kier alpha value is -2.05. The fourth-order valence-electron chi connectivity index (χ4n) is 3.01. The molecule has 3 rings (SSSR count). The molecule has 7 heteroatoms. The second kappa shape index (κ2) is 4.25. The lowest BCUT2D eigenvalue weighted by atomic mass is 9.91. The molecule has 2 aliphatic heterocycles. The lowest BCUT2D eigenvalue weighted by Crippen LogP contribution is -2.49. The van der Waals surface area contributed by atoms with Crippen molar-refractivity contribution in [3.05, 3.63) is 11.9 Å². The second-order valence-electron chi connectivity index (χ2n) is 5.17. The number of carbonyl (C=O) groups is 2. The maximum atomic E-state index is 12.5. The van der Waals surface area contributed by atoms with E-state index in [9.17, 15) is 9.59 Å². The number of hydrogen-bond acceptors (Lipinski definition) is 4. The van der Waals surface area contributed by atoms with Gasteiger partial charge in [-0.3, -0.25) is 14.3 Å². The van der Waals surface area contributed by atoms with Crippen LogP contribution in [0.5, 0.6) is 0 Å². The number of piperidine rings is 1. The fourth-order valence-corrected chi connectivity index (χ4v) is 3.01. The SMILES string of the molecule is Cn1cc(N)c(C(=O)N2CCCC3C(=O)NCC32)n1. The molecule has 0 aromatic carbocycles. The van der Waals surface area contributed by atoms with Crippen LogP contribution in [0.4, 0.5) is 5.69 Å². The van der Waals surface area contributed by atoms with Gasteiger partial charge in [-0.05, 0) is 12.8 Å². The van der Waals surface area contributed by atoms with E-state index in [1.807, 2.05) is 0 Å². The molecule has 3 N–H and O–H groups in total. The van der Waals surface area contributed by atoms with Crippen LogP contribution < -0.4 is 11.1 Å². The molecule has 19 heavy (non-hydrogen) atoms. The van der Waals surface area contributed by atoms with E-state index in [-0.39, 0.29) is 29.5 Å². The van der Waals surface area contributed by atoms with E-state index in [0.29, 0.717) is 18.8 Å². The first-order valence-corrected chi connectivity index (χ1v) is 6.45. The monoisotopic (exact) mass is 263 g/mol. The zero-order valence-electron chi connectivity index (χ0n) is 10.8. The minimum absolute atomic E-state index is 0.0523. The van der Waals surface area contributed by atoms with Gasteiger partial charge in [-0.25, -0.2) is 0 Å². The summed E-state index contributed by atoms with van der Waals surface area (Å²) < 4.78 is 1.53. The molecule has 2 amide bonds. The van der Waals surface area contributed by atoms with Gasteiger partial charge in [0.25, 0.3) is 5.91 Å². The highest BCUT2D eigenvalue weighted by atomic mass is 16.2. The Morgan fingerprint density at radius 3 is 3.05 bits per heavy atom. The number of nitrogen functional groups attached to an aromatic ring is 1. The summed E-state index contributed by atoms with van der Waals surface area (Å²) in [5.74, 6) is -0.205. The topological polar surface area (TPSA) is 93.2 Å². The summed E-state index contributed by atoms with van der Waals surface area (Å²) in [6, 6.07) is -0.0600. The van der Waals surface area contributed by atoms with Crippen molar-refractivity contribution in [1.29, 1.82) is 0 Å². The lowest BCUT2D eigenvalue weighted by molar-refractivity contribution is -0.123. The number of nitrogens with one attached hydrogen (secondary N) is 1. The van der Waals surface area contributed by atoms with Gasteiger partial charge in [0.05, 0.1) is 17.6 Å². The Morgan fingerprint density at radius 1 is 1.58 bits per heavy atom. The van der Waals surface area contributed by atoms with E-state index in [4.69, 9.17) is 5.73 Å². The third-order valence-corrected chi connectivity index (χ3v) is 3.92. The van der Waals surface area contributed by atoms with Gasteiger partial charge in [-0.1, -0.05) is 0 Å². The Labute approximate surface area is 110 Å². The van der Waals surface area contributed by atoms with Gasteiger partial charge in [0.15, 0.2) is 5.69 Å². The van der Waals surface area contributed by atoms with E-state index in [2.05, 4.69) is 10.4 Å². The van der Waals surface area contributed by atoms with Crippen LogP contribution in [0.15, 0.2) is 6.20 Å². The second-order valence-corrected chi connectivity index (χ2v) is 5.17. The number of anilines is 1. The molecule has 0 bridgehead atoms. The first-order chi connectivity index (χ1) is 9.08. The van der Waals surface area contributed by atoms with E-state index in [0.717, 1.165) is 12.8 Å². The van der Waals surface area contributed by atoms with Crippen LogP contribution >= 0.6 is 0 Å². The first-order valence-electron chi connectivity index (χ1n) is 6.45. The van der Waals surface area contributed by atoms with Gasteiger partial charge >= 0.3 is 0 Å². The van der Waals surface area contributed by atoms with Gasteiger partial charge in [0.1, 0.15) is 0 Å². The normalized spacial score (nSPS) is 26.2. The Balaban J connectivity index is 1.87. The highest BCUT2D eigenvalue weighted by molar-refractivity contribution is 5.98. The summed E-state index contributed by atoms with van der Waals surface area (Å²) in [5, 5.41) is 6.94. The summed E-state index contributed by atoms with van der Waals surface area (Å²) in [6.45, 7) is 1.19. The summed E-state index contributed by atoms with van der Waals surface area (Å²) in [6.07, 6.45) is 3.30. The van der Waals surface area contributed by atoms with Crippen molar-refractivity contribution in [2.45, 2.75) is 18.9 Å². The fraction of sp³-hybridized carbons (Fsp3) is 0.583. The van der Waals surface area contributed by atoms with Crippen molar-refractivity contribution >= 4 is 17.5 Å². The van der Waals surface area contributed by atoms with Crippen molar-refractivity contribution in [2.24, 2.45) is 13.0 Å². The molecule has 102 valence electrons. The van der Waals surface area contributed by atoms with E-state index in [1.165, 1.54) is 4.68 Å². The molecule has 0 spiro atoms. The summed E-state index contributed by atoms with van der Waals surface area (Å²) in [5.41, 5.74) is 6.46. The van der Waals surface area contributed by atoms with Crippen LogP contribution in [0, 0.1) is 5.92 Å². The average molecular weight is 263 g/mol. The molecule has 3 heterocycles. The van der Waals surface area contributed by atoms with Crippen LogP contribution in [0.3, 0.4) is 0 Å². The number of fused-ring (bicyclic) bond motifs is 1. The van der Waals surface area contributed by atoms with Crippen LogP contribution in [-0.4, -0.2) is 45.6 Å². The standard InChI is InChI=1S/C12H17N5O2/c1-16-6-8(13)10(15-16)12(19)17-4-2-3-7-9(17)5-14-11(7)18/h6-7,9H,2-5,13H2,1H3,(H,14,18). The summed E-state index contributed by atoms with van der Waals surface area (Å²) in [7, 11) is 1.73. The zero-order valence-corrected chi connectivity index (χ0v) is 10.8. The number of amides is 2. The number of aryl methyl sites for hydroxylation is 1. The molecule has 2 saturated heterocycles. The number of nitrogens with two attached hydrogens (primary N) is 1. The third kappa shape index (κ3) is 1.85. The molecule has 0 radical (unpaired) electrons. The molecule has 0 saturated carbocycles. The molecular formula is C12H17N5O2. The Morgan fingerprint density at radius 2 is 2.37 bits per heavy atom. The van der Waals surface area contributed by atoms with Crippen molar-refractivity contribution in [2.75, 3.05) is 18.8 Å². The van der Waals surface area contributed by atoms with E-state index in [1.54, 1.807) is 18.1 Å². The van der Waals surface area contributed by atoms with Gasteiger partial charge in [-0.2, -0.15) is 5.10 Å². The molecule has 2 aliphatic rings. The number of carbonyl (C=O) groups excluding carboxylic acids is 2. The summed E-state index contributed by atoms with van der Waals surface area (Å²) in [4.78, 5) is 25.9. The van der Waals surface area contributed by atoms with Crippen LogP contribution in [0.1, 0.15) is 23.3 Å². The summed E-state index contributed by atoms with van der Waals surface area (Å²) >= 11 is 0. The average Bonchev–Trinajstić information content (AvgIpc) is 2.92. The Bertz CT molecular complexity index is 538. The quantitative estimate of drug-likeness (QED) is 0.704. The van der Waals surface area contributed by atoms with E-state index >= 15 is 0 Å². The van der Waals surface area contributed by atoms with Gasteiger partial charge in [-0.15, -0.1) is 0 Å². The molecular weight excluding hydrogens is 246 g/mol. The molecule has 1 aromatic rings. The van der Waals surface area contributed by atoms with Crippen LogP contribution in [0.25, 0.3) is 0 Å². The third-order valence-electron chi connectivity index (χ3n) is 3.92. The number of rotatable bonds is 1. The van der Waals surface area contributed by atoms with Crippen LogP contribution in [-0.2, 0) is 11.8 Å². The molecule has 2 unspecified atom stereocenters. The number of hydrogen-bond donors (Lipinski definition) is 2. The number of likely N-dealkylation sites (tertiary alicyclic amines) is 1. The highest BCUT2D eigenvalue weighted by Crippen LogP contribution is 2.29. The van der Waals surface area contributed by atoms with Gasteiger partial charge in [0.2, 0.25) is 5.91 Å². The first kappa shape index (κ1) is 12.0. The molecule has 2 fully saturated rings. The zero-order chi connectivity index (χ0) is 13.6. The molecule has 1 aromatic heterocycles. The maximum Gasteiger partial charge on any atom is 0.276 e. The Kier molecular flexibility index (Phi) is 2.69. The lowest BCUT2D eigenvalue weighted by Gasteiger charge is -2.35.